The summed E-state index contributed by atoms with van der Waals surface area (Å²) in [6, 6.07) is 5.78. The SMILES string of the molecule is Cc1cc(C)cc(OCCNC(=O)NCCCO)c1. The summed E-state index contributed by atoms with van der Waals surface area (Å²) in [5.74, 6) is 0.819. The maximum Gasteiger partial charge on any atom is 0.314 e. The second kappa shape index (κ2) is 8.37. The number of amides is 2. The van der Waals surface area contributed by atoms with Crippen LogP contribution in [0.3, 0.4) is 0 Å². The van der Waals surface area contributed by atoms with E-state index in [0.717, 1.165) is 16.9 Å². The van der Waals surface area contributed by atoms with Gasteiger partial charge in [0.2, 0.25) is 0 Å². The monoisotopic (exact) mass is 266 g/mol. The van der Waals surface area contributed by atoms with Gasteiger partial charge in [0.05, 0.1) is 6.54 Å². The normalized spacial score (nSPS) is 10.1. The van der Waals surface area contributed by atoms with Gasteiger partial charge in [0, 0.05) is 13.2 Å². The van der Waals surface area contributed by atoms with Crippen molar-refractivity contribution in [3.8, 4) is 5.75 Å². The van der Waals surface area contributed by atoms with E-state index in [1.54, 1.807) is 0 Å². The van der Waals surface area contributed by atoms with E-state index < -0.39 is 0 Å². The summed E-state index contributed by atoms with van der Waals surface area (Å²) in [5.41, 5.74) is 2.31. The molecule has 5 heteroatoms. The molecule has 0 heterocycles. The van der Waals surface area contributed by atoms with Gasteiger partial charge < -0.3 is 20.5 Å². The van der Waals surface area contributed by atoms with E-state index in [-0.39, 0.29) is 12.6 Å². The van der Waals surface area contributed by atoms with Gasteiger partial charge in [-0.25, -0.2) is 4.79 Å². The van der Waals surface area contributed by atoms with Crippen LogP contribution in [0.25, 0.3) is 0 Å². The third kappa shape index (κ3) is 6.67. The first-order chi connectivity index (χ1) is 9.11. The van der Waals surface area contributed by atoms with Crippen LogP contribution in [-0.4, -0.2) is 37.4 Å². The number of aryl methyl sites for hydroxylation is 2. The molecule has 0 radical (unpaired) electrons. The molecule has 0 unspecified atom stereocenters. The zero-order chi connectivity index (χ0) is 14.1. The quantitative estimate of drug-likeness (QED) is 0.653. The van der Waals surface area contributed by atoms with Crippen molar-refractivity contribution in [2.45, 2.75) is 20.3 Å². The predicted molar refractivity (Wildman–Crippen MR) is 74.5 cm³/mol. The third-order valence-electron chi connectivity index (χ3n) is 2.47. The summed E-state index contributed by atoms with van der Waals surface area (Å²) < 4.78 is 5.56. The number of benzene rings is 1. The average Bonchev–Trinajstić information content (AvgIpc) is 2.34. The van der Waals surface area contributed by atoms with Crippen molar-refractivity contribution in [1.29, 1.82) is 0 Å². The third-order valence-corrected chi connectivity index (χ3v) is 2.47. The number of hydrogen-bond donors (Lipinski definition) is 3. The lowest BCUT2D eigenvalue weighted by molar-refractivity contribution is 0.234. The lowest BCUT2D eigenvalue weighted by Crippen LogP contribution is -2.38. The molecule has 0 aliphatic heterocycles. The predicted octanol–water partition coefficient (Wildman–Crippen LogP) is 1.36. The fraction of sp³-hybridized carbons (Fsp3) is 0.500. The Hall–Kier alpha value is -1.75. The summed E-state index contributed by atoms with van der Waals surface area (Å²) >= 11 is 0. The molecular weight excluding hydrogens is 244 g/mol. The van der Waals surface area contributed by atoms with E-state index in [9.17, 15) is 4.79 Å². The summed E-state index contributed by atoms with van der Waals surface area (Å²) in [4.78, 5) is 11.3. The largest absolute Gasteiger partial charge is 0.492 e. The molecule has 1 aromatic rings. The first kappa shape index (κ1) is 15.3. The van der Waals surface area contributed by atoms with Gasteiger partial charge in [-0.3, -0.25) is 0 Å². The average molecular weight is 266 g/mol. The Labute approximate surface area is 114 Å². The molecule has 0 aliphatic carbocycles. The topological polar surface area (TPSA) is 70.6 Å². The van der Waals surface area contributed by atoms with Crippen molar-refractivity contribution in [3.63, 3.8) is 0 Å². The number of carbonyl (C=O) groups excluding carboxylic acids is 1. The first-order valence-electron chi connectivity index (χ1n) is 6.45. The Morgan fingerprint density at radius 1 is 1.16 bits per heavy atom. The van der Waals surface area contributed by atoms with E-state index >= 15 is 0 Å². The highest BCUT2D eigenvalue weighted by Crippen LogP contribution is 2.15. The van der Waals surface area contributed by atoms with Crippen LogP contribution < -0.4 is 15.4 Å². The molecule has 0 atom stereocenters. The second-order valence-electron chi connectivity index (χ2n) is 4.43. The minimum atomic E-state index is -0.238. The molecule has 1 aromatic carbocycles. The van der Waals surface area contributed by atoms with Gasteiger partial charge in [-0.15, -0.1) is 0 Å². The molecule has 0 aromatic heterocycles. The second-order valence-corrected chi connectivity index (χ2v) is 4.43. The number of urea groups is 1. The summed E-state index contributed by atoms with van der Waals surface area (Å²) in [6.45, 7) is 5.46. The number of rotatable bonds is 7. The first-order valence-corrected chi connectivity index (χ1v) is 6.45. The van der Waals surface area contributed by atoms with Crippen molar-refractivity contribution in [2.75, 3.05) is 26.3 Å². The van der Waals surface area contributed by atoms with Gasteiger partial charge in [0.25, 0.3) is 0 Å². The highest BCUT2D eigenvalue weighted by atomic mass is 16.5. The Morgan fingerprint density at radius 2 is 1.79 bits per heavy atom. The van der Waals surface area contributed by atoms with Gasteiger partial charge in [-0.2, -0.15) is 0 Å². The molecule has 0 saturated carbocycles. The van der Waals surface area contributed by atoms with E-state index in [2.05, 4.69) is 16.7 Å². The molecule has 0 fully saturated rings. The van der Waals surface area contributed by atoms with Crippen molar-refractivity contribution in [2.24, 2.45) is 0 Å². The fourth-order valence-electron chi connectivity index (χ4n) is 1.69. The van der Waals surface area contributed by atoms with Crippen LogP contribution in [0, 0.1) is 13.8 Å². The Morgan fingerprint density at radius 3 is 2.42 bits per heavy atom. The van der Waals surface area contributed by atoms with Crippen molar-refractivity contribution in [1.82, 2.24) is 10.6 Å². The van der Waals surface area contributed by atoms with E-state index in [1.807, 2.05) is 26.0 Å². The molecule has 0 spiro atoms. The molecule has 1 rings (SSSR count). The van der Waals surface area contributed by atoms with Crippen LogP contribution in [-0.2, 0) is 0 Å². The Balaban J connectivity index is 2.18. The minimum absolute atomic E-state index is 0.0795. The Bertz CT molecular complexity index is 387. The van der Waals surface area contributed by atoms with Gasteiger partial charge in [0.1, 0.15) is 12.4 Å². The number of nitrogens with one attached hydrogen (secondary N) is 2. The van der Waals surface area contributed by atoms with Crippen LogP contribution in [0.5, 0.6) is 5.75 Å². The number of ether oxygens (including phenoxy) is 1. The lowest BCUT2D eigenvalue weighted by Gasteiger charge is -2.10. The molecule has 0 saturated heterocycles. The van der Waals surface area contributed by atoms with Gasteiger partial charge in [0.15, 0.2) is 0 Å². The molecule has 19 heavy (non-hydrogen) atoms. The number of hydrogen-bond acceptors (Lipinski definition) is 3. The minimum Gasteiger partial charge on any atom is -0.492 e. The molecule has 106 valence electrons. The molecule has 2 amide bonds. The number of carbonyl (C=O) groups is 1. The molecule has 3 N–H and O–H groups in total. The highest BCUT2D eigenvalue weighted by Gasteiger charge is 2.00. The molecule has 5 nitrogen and oxygen atoms in total. The van der Waals surface area contributed by atoms with Gasteiger partial charge in [-0.05, 0) is 43.5 Å². The van der Waals surface area contributed by atoms with Crippen molar-refractivity contribution >= 4 is 6.03 Å². The van der Waals surface area contributed by atoms with Crippen molar-refractivity contribution < 1.29 is 14.6 Å². The van der Waals surface area contributed by atoms with Crippen LogP contribution in [0.2, 0.25) is 0 Å². The molecule has 0 aliphatic rings. The smallest absolute Gasteiger partial charge is 0.314 e. The lowest BCUT2D eigenvalue weighted by atomic mass is 10.1. The highest BCUT2D eigenvalue weighted by molar-refractivity contribution is 5.73. The zero-order valence-electron chi connectivity index (χ0n) is 11.5. The van der Waals surface area contributed by atoms with Crippen molar-refractivity contribution in [3.05, 3.63) is 29.3 Å². The van der Waals surface area contributed by atoms with Gasteiger partial charge in [-0.1, -0.05) is 6.07 Å². The fourth-order valence-corrected chi connectivity index (χ4v) is 1.69. The summed E-state index contributed by atoms with van der Waals surface area (Å²) in [5, 5.41) is 13.9. The van der Waals surface area contributed by atoms with E-state index in [0.29, 0.717) is 26.1 Å². The number of aliphatic hydroxyl groups excluding tert-OH is 1. The summed E-state index contributed by atoms with van der Waals surface area (Å²) in [6.07, 6.45) is 0.562. The van der Waals surface area contributed by atoms with Crippen LogP contribution in [0.1, 0.15) is 17.5 Å². The van der Waals surface area contributed by atoms with E-state index in [1.165, 1.54) is 0 Å². The van der Waals surface area contributed by atoms with Gasteiger partial charge >= 0.3 is 6.03 Å². The van der Waals surface area contributed by atoms with Crippen LogP contribution in [0.4, 0.5) is 4.79 Å². The van der Waals surface area contributed by atoms with E-state index in [4.69, 9.17) is 9.84 Å². The zero-order valence-corrected chi connectivity index (χ0v) is 11.5. The van der Waals surface area contributed by atoms with Crippen LogP contribution >= 0.6 is 0 Å². The summed E-state index contributed by atoms with van der Waals surface area (Å²) in [7, 11) is 0. The maximum absolute atomic E-state index is 11.3. The van der Waals surface area contributed by atoms with Crippen LogP contribution in [0.15, 0.2) is 18.2 Å². The Kier molecular flexibility index (Phi) is 6.74. The maximum atomic E-state index is 11.3. The molecule has 0 bridgehead atoms. The standard InChI is InChI=1S/C14H22N2O3/c1-11-8-12(2)10-13(9-11)19-7-5-16-14(18)15-4-3-6-17/h8-10,17H,3-7H2,1-2H3,(H2,15,16,18). The number of aliphatic hydroxyl groups is 1. The molecular formula is C14H22N2O3.